The standard InChI is InChI=1S/C20H22N4O3/c1-14-6-8-22-19(10-14)24-13-16(12-21)20(25)23-9-7-15-4-5-17(26-2)18(11-15)27-3/h4-6,8,10-11,13H,7,9H2,1-3H3,(H,22,24)(H,23,25)/b16-13-. The van der Waals surface area contributed by atoms with E-state index in [0.29, 0.717) is 30.3 Å². The number of methoxy groups -OCH3 is 2. The van der Waals surface area contributed by atoms with Crippen LogP contribution in [0.5, 0.6) is 11.5 Å². The van der Waals surface area contributed by atoms with Gasteiger partial charge in [0, 0.05) is 18.9 Å². The molecule has 0 fully saturated rings. The van der Waals surface area contributed by atoms with Crippen LogP contribution in [0.2, 0.25) is 0 Å². The van der Waals surface area contributed by atoms with E-state index in [4.69, 9.17) is 9.47 Å². The molecule has 0 aliphatic carbocycles. The summed E-state index contributed by atoms with van der Waals surface area (Å²) in [7, 11) is 3.15. The number of hydrogen-bond donors (Lipinski definition) is 2. The lowest BCUT2D eigenvalue weighted by atomic mass is 10.1. The summed E-state index contributed by atoms with van der Waals surface area (Å²) in [6, 6.07) is 11.1. The first-order chi connectivity index (χ1) is 13.1. The molecule has 0 saturated heterocycles. The maximum absolute atomic E-state index is 12.2. The van der Waals surface area contributed by atoms with Gasteiger partial charge < -0.3 is 20.1 Å². The molecule has 7 heteroatoms. The smallest absolute Gasteiger partial charge is 0.263 e. The number of aryl methyl sites for hydroxylation is 1. The normalized spacial score (nSPS) is 10.7. The Kier molecular flexibility index (Phi) is 7.20. The Morgan fingerprint density at radius 1 is 1.22 bits per heavy atom. The summed E-state index contributed by atoms with van der Waals surface area (Å²) in [5.41, 5.74) is 1.99. The third kappa shape index (κ3) is 5.75. The molecule has 1 heterocycles. The van der Waals surface area contributed by atoms with Crippen molar-refractivity contribution in [3.05, 3.63) is 59.4 Å². The molecule has 1 aromatic heterocycles. The minimum absolute atomic E-state index is 0.0226. The molecule has 0 bridgehead atoms. The zero-order valence-electron chi connectivity index (χ0n) is 15.6. The quantitative estimate of drug-likeness (QED) is 0.551. The van der Waals surface area contributed by atoms with Crippen LogP contribution in [-0.2, 0) is 11.2 Å². The summed E-state index contributed by atoms with van der Waals surface area (Å²) in [4.78, 5) is 16.3. The lowest BCUT2D eigenvalue weighted by Gasteiger charge is -2.10. The number of amides is 1. The molecular formula is C20H22N4O3. The van der Waals surface area contributed by atoms with Gasteiger partial charge in [0.1, 0.15) is 17.5 Å². The number of ether oxygens (including phenoxy) is 2. The van der Waals surface area contributed by atoms with Crippen LogP contribution in [0, 0.1) is 18.3 Å². The maximum atomic E-state index is 12.2. The molecule has 0 unspecified atom stereocenters. The van der Waals surface area contributed by atoms with E-state index < -0.39 is 5.91 Å². The van der Waals surface area contributed by atoms with Gasteiger partial charge in [-0.1, -0.05) is 6.07 Å². The van der Waals surface area contributed by atoms with Crippen molar-refractivity contribution < 1.29 is 14.3 Å². The fourth-order valence-corrected chi connectivity index (χ4v) is 2.36. The summed E-state index contributed by atoms with van der Waals surface area (Å²) >= 11 is 0. The minimum atomic E-state index is -0.446. The second kappa shape index (κ2) is 9.82. The van der Waals surface area contributed by atoms with Crippen molar-refractivity contribution in [3.63, 3.8) is 0 Å². The van der Waals surface area contributed by atoms with Gasteiger partial charge in [-0.25, -0.2) is 4.98 Å². The molecule has 0 saturated carbocycles. The van der Waals surface area contributed by atoms with Gasteiger partial charge in [0.25, 0.3) is 5.91 Å². The minimum Gasteiger partial charge on any atom is -0.493 e. The summed E-state index contributed by atoms with van der Waals surface area (Å²) in [5.74, 6) is 1.41. The molecule has 7 nitrogen and oxygen atoms in total. The van der Waals surface area contributed by atoms with Gasteiger partial charge in [-0.2, -0.15) is 5.26 Å². The molecule has 2 aromatic rings. The van der Waals surface area contributed by atoms with E-state index >= 15 is 0 Å². The average Bonchev–Trinajstić information content (AvgIpc) is 2.68. The zero-order chi connectivity index (χ0) is 19.6. The summed E-state index contributed by atoms with van der Waals surface area (Å²) < 4.78 is 10.5. The molecule has 140 valence electrons. The van der Waals surface area contributed by atoms with Crippen LogP contribution in [-0.4, -0.2) is 31.7 Å². The van der Waals surface area contributed by atoms with Gasteiger partial charge in [-0.05, 0) is 48.7 Å². The Labute approximate surface area is 158 Å². The third-order valence-electron chi connectivity index (χ3n) is 3.79. The van der Waals surface area contributed by atoms with Crippen LogP contribution in [0.3, 0.4) is 0 Å². The molecule has 2 rings (SSSR count). The number of carbonyl (C=O) groups excluding carboxylic acids is 1. The highest BCUT2D eigenvalue weighted by Crippen LogP contribution is 2.27. The first kappa shape index (κ1) is 19.8. The number of rotatable bonds is 8. The van der Waals surface area contributed by atoms with Crippen LogP contribution in [0.4, 0.5) is 5.82 Å². The Balaban J connectivity index is 1.91. The van der Waals surface area contributed by atoms with Crippen molar-refractivity contribution in [1.29, 1.82) is 5.26 Å². The van der Waals surface area contributed by atoms with Gasteiger partial charge in [-0.3, -0.25) is 4.79 Å². The van der Waals surface area contributed by atoms with Crippen LogP contribution in [0.1, 0.15) is 11.1 Å². The van der Waals surface area contributed by atoms with Gasteiger partial charge in [0.2, 0.25) is 0 Å². The third-order valence-corrected chi connectivity index (χ3v) is 3.79. The monoisotopic (exact) mass is 366 g/mol. The van der Waals surface area contributed by atoms with E-state index in [2.05, 4.69) is 15.6 Å². The number of nitrogens with one attached hydrogen (secondary N) is 2. The second-order valence-corrected chi connectivity index (χ2v) is 5.73. The average molecular weight is 366 g/mol. The van der Waals surface area contributed by atoms with E-state index in [1.807, 2.05) is 43.3 Å². The lowest BCUT2D eigenvalue weighted by molar-refractivity contribution is -0.117. The predicted molar refractivity (Wildman–Crippen MR) is 103 cm³/mol. The highest BCUT2D eigenvalue weighted by Gasteiger charge is 2.09. The van der Waals surface area contributed by atoms with Gasteiger partial charge >= 0.3 is 0 Å². The van der Waals surface area contributed by atoms with Crippen LogP contribution >= 0.6 is 0 Å². The SMILES string of the molecule is COc1ccc(CCNC(=O)/C(C#N)=C\Nc2cc(C)ccn2)cc1OC. The Hall–Kier alpha value is -3.53. The molecule has 1 aromatic carbocycles. The van der Waals surface area contributed by atoms with E-state index in [-0.39, 0.29) is 5.57 Å². The Morgan fingerprint density at radius 3 is 2.67 bits per heavy atom. The maximum Gasteiger partial charge on any atom is 0.263 e. The van der Waals surface area contributed by atoms with Gasteiger partial charge in [0.05, 0.1) is 14.2 Å². The second-order valence-electron chi connectivity index (χ2n) is 5.73. The van der Waals surface area contributed by atoms with Crippen LogP contribution < -0.4 is 20.1 Å². The van der Waals surface area contributed by atoms with E-state index in [9.17, 15) is 10.1 Å². The molecule has 0 aliphatic rings. The Bertz CT molecular complexity index is 872. The zero-order valence-corrected chi connectivity index (χ0v) is 15.6. The van der Waals surface area contributed by atoms with E-state index in [1.54, 1.807) is 20.4 Å². The van der Waals surface area contributed by atoms with Crippen LogP contribution in [0.25, 0.3) is 0 Å². The predicted octanol–water partition coefficient (Wildman–Crippen LogP) is 2.59. The molecule has 0 radical (unpaired) electrons. The van der Waals surface area contributed by atoms with Crippen molar-refractivity contribution in [2.24, 2.45) is 0 Å². The number of nitriles is 1. The van der Waals surface area contributed by atoms with Crippen molar-refractivity contribution in [3.8, 4) is 17.6 Å². The largest absolute Gasteiger partial charge is 0.493 e. The van der Waals surface area contributed by atoms with E-state index in [1.165, 1.54) is 6.20 Å². The highest BCUT2D eigenvalue weighted by molar-refractivity contribution is 5.97. The van der Waals surface area contributed by atoms with Crippen molar-refractivity contribution in [1.82, 2.24) is 10.3 Å². The van der Waals surface area contributed by atoms with Crippen LogP contribution in [0.15, 0.2) is 48.3 Å². The Morgan fingerprint density at radius 2 is 2.00 bits per heavy atom. The molecule has 2 N–H and O–H groups in total. The van der Waals surface area contributed by atoms with E-state index in [0.717, 1.165) is 11.1 Å². The number of anilines is 1. The first-order valence-corrected chi connectivity index (χ1v) is 8.36. The molecule has 1 amide bonds. The topological polar surface area (TPSA) is 96.3 Å². The van der Waals surface area contributed by atoms with Crippen molar-refractivity contribution in [2.75, 3.05) is 26.1 Å². The number of hydrogen-bond acceptors (Lipinski definition) is 6. The highest BCUT2D eigenvalue weighted by atomic mass is 16.5. The van der Waals surface area contributed by atoms with Gasteiger partial charge in [-0.15, -0.1) is 0 Å². The molecule has 0 atom stereocenters. The molecular weight excluding hydrogens is 344 g/mol. The molecule has 0 spiro atoms. The number of pyridine rings is 1. The number of nitrogens with zero attached hydrogens (tertiary/aromatic N) is 2. The number of carbonyl (C=O) groups is 1. The lowest BCUT2D eigenvalue weighted by Crippen LogP contribution is -2.27. The summed E-state index contributed by atoms with van der Waals surface area (Å²) in [5, 5.41) is 14.8. The molecule has 27 heavy (non-hydrogen) atoms. The number of benzene rings is 1. The summed E-state index contributed by atoms with van der Waals surface area (Å²) in [6.07, 6.45) is 3.60. The molecule has 0 aliphatic heterocycles. The first-order valence-electron chi connectivity index (χ1n) is 8.36. The fraction of sp³-hybridized carbons (Fsp3) is 0.250. The van der Waals surface area contributed by atoms with Crippen molar-refractivity contribution in [2.45, 2.75) is 13.3 Å². The number of aromatic nitrogens is 1. The van der Waals surface area contributed by atoms with Crippen molar-refractivity contribution >= 4 is 11.7 Å². The van der Waals surface area contributed by atoms with Gasteiger partial charge in [0.15, 0.2) is 11.5 Å². The summed E-state index contributed by atoms with van der Waals surface area (Å²) in [6.45, 7) is 2.32. The fourth-order valence-electron chi connectivity index (χ4n) is 2.36.